The van der Waals surface area contributed by atoms with Crippen LogP contribution in [0.4, 0.5) is 16.4 Å². The lowest BCUT2D eigenvalue weighted by Gasteiger charge is -2.11. The van der Waals surface area contributed by atoms with Crippen LogP contribution >= 0.6 is 11.3 Å². The zero-order chi connectivity index (χ0) is 17.1. The summed E-state index contributed by atoms with van der Waals surface area (Å²) in [6, 6.07) is 5.63. The van der Waals surface area contributed by atoms with Crippen LogP contribution in [0.5, 0.6) is 0 Å². The van der Waals surface area contributed by atoms with Crippen molar-refractivity contribution >= 4 is 33.7 Å². The van der Waals surface area contributed by atoms with Gasteiger partial charge in [0.1, 0.15) is 11.3 Å². The molecule has 0 atom stereocenters. The van der Waals surface area contributed by atoms with Gasteiger partial charge in [0.2, 0.25) is 0 Å². The number of nitrogens with two attached hydrogens (primary N) is 1. The Morgan fingerprint density at radius 2 is 2.08 bits per heavy atom. The van der Waals surface area contributed by atoms with Crippen LogP contribution < -0.4 is 5.73 Å². The molecule has 0 saturated heterocycles. The van der Waals surface area contributed by atoms with Gasteiger partial charge >= 0.3 is 5.97 Å². The second-order valence-electron chi connectivity index (χ2n) is 5.87. The highest BCUT2D eigenvalue weighted by Gasteiger charge is 2.26. The van der Waals surface area contributed by atoms with Gasteiger partial charge in [0, 0.05) is 4.88 Å². The van der Waals surface area contributed by atoms with Gasteiger partial charge in [-0.2, -0.15) is 0 Å². The first-order chi connectivity index (χ1) is 11.6. The Balaban J connectivity index is 2.00. The standard InChI is InChI=1S/C18H21N3O2S/c1-3-23-18(22)16-12-6-4-5-7-15(12)24-17(16)21-20-14-10-11(2)8-9-13(14)19/h8-10H,3-7,19H2,1-2H3. The maximum absolute atomic E-state index is 12.4. The van der Waals surface area contributed by atoms with Crippen molar-refractivity contribution < 1.29 is 9.53 Å². The van der Waals surface area contributed by atoms with E-state index in [1.54, 1.807) is 11.3 Å². The molecule has 0 bridgehead atoms. The van der Waals surface area contributed by atoms with Crippen LogP contribution in [-0.2, 0) is 17.6 Å². The first kappa shape index (κ1) is 16.6. The molecule has 24 heavy (non-hydrogen) atoms. The first-order valence-corrected chi connectivity index (χ1v) is 9.01. The van der Waals surface area contributed by atoms with E-state index in [2.05, 4.69) is 10.2 Å². The van der Waals surface area contributed by atoms with Crippen LogP contribution in [0.3, 0.4) is 0 Å². The molecule has 1 aliphatic rings. The average molecular weight is 343 g/mol. The fraction of sp³-hybridized carbons (Fsp3) is 0.389. The first-order valence-electron chi connectivity index (χ1n) is 8.19. The van der Waals surface area contributed by atoms with E-state index in [1.165, 1.54) is 4.88 Å². The quantitative estimate of drug-likeness (QED) is 0.476. The van der Waals surface area contributed by atoms with Crippen LogP contribution in [0.25, 0.3) is 0 Å². The van der Waals surface area contributed by atoms with E-state index in [4.69, 9.17) is 10.5 Å². The molecule has 0 spiro atoms. The number of nitrogen functional groups attached to an aromatic ring is 1. The Morgan fingerprint density at radius 1 is 1.29 bits per heavy atom. The van der Waals surface area contributed by atoms with E-state index in [-0.39, 0.29) is 5.97 Å². The number of benzene rings is 1. The topological polar surface area (TPSA) is 77.0 Å². The molecule has 5 nitrogen and oxygen atoms in total. The lowest BCUT2D eigenvalue weighted by atomic mass is 9.95. The molecule has 2 aromatic rings. The minimum atomic E-state index is -0.303. The summed E-state index contributed by atoms with van der Waals surface area (Å²) in [4.78, 5) is 13.6. The minimum absolute atomic E-state index is 0.303. The molecular weight excluding hydrogens is 322 g/mol. The third-order valence-corrected chi connectivity index (χ3v) is 5.24. The van der Waals surface area contributed by atoms with Gasteiger partial charge in [-0.25, -0.2) is 4.79 Å². The molecule has 3 rings (SSSR count). The van der Waals surface area contributed by atoms with Crippen molar-refractivity contribution in [1.29, 1.82) is 0 Å². The molecule has 126 valence electrons. The molecule has 0 aliphatic heterocycles. The van der Waals surface area contributed by atoms with E-state index in [9.17, 15) is 4.79 Å². The molecule has 0 unspecified atom stereocenters. The number of fused-ring (bicyclic) bond motifs is 1. The summed E-state index contributed by atoms with van der Waals surface area (Å²) in [5, 5.41) is 9.26. The number of azo groups is 1. The Labute approximate surface area is 145 Å². The Kier molecular flexibility index (Phi) is 4.94. The molecule has 0 saturated carbocycles. The van der Waals surface area contributed by atoms with E-state index >= 15 is 0 Å². The Morgan fingerprint density at radius 3 is 2.88 bits per heavy atom. The maximum Gasteiger partial charge on any atom is 0.341 e. The molecule has 1 aromatic carbocycles. The Hall–Kier alpha value is -2.21. The lowest BCUT2D eigenvalue weighted by molar-refractivity contribution is 0.0526. The van der Waals surface area contributed by atoms with Crippen molar-refractivity contribution in [2.75, 3.05) is 12.3 Å². The summed E-state index contributed by atoms with van der Waals surface area (Å²) in [6.45, 7) is 4.14. The summed E-state index contributed by atoms with van der Waals surface area (Å²) in [6.07, 6.45) is 4.14. The summed E-state index contributed by atoms with van der Waals surface area (Å²) >= 11 is 1.54. The molecule has 2 N–H and O–H groups in total. The Bertz CT molecular complexity index is 796. The number of nitrogens with zero attached hydrogens (tertiary/aromatic N) is 2. The van der Waals surface area contributed by atoms with Crippen LogP contribution in [0, 0.1) is 6.92 Å². The second kappa shape index (κ2) is 7.13. The highest BCUT2D eigenvalue weighted by Crippen LogP contribution is 2.41. The number of carbonyl (C=O) groups excluding carboxylic acids is 1. The molecule has 0 radical (unpaired) electrons. The van der Waals surface area contributed by atoms with E-state index in [0.29, 0.717) is 28.5 Å². The maximum atomic E-state index is 12.4. The number of aryl methyl sites for hydroxylation is 2. The van der Waals surface area contributed by atoms with Crippen molar-refractivity contribution in [2.24, 2.45) is 10.2 Å². The van der Waals surface area contributed by atoms with Gasteiger partial charge in [0.25, 0.3) is 0 Å². The van der Waals surface area contributed by atoms with E-state index in [1.807, 2.05) is 32.0 Å². The van der Waals surface area contributed by atoms with Gasteiger partial charge in [0.15, 0.2) is 5.00 Å². The average Bonchev–Trinajstić information content (AvgIpc) is 2.94. The number of thiophene rings is 1. The minimum Gasteiger partial charge on any atom is -0.462 e. The van der Waals surface area contributed by atoms with Crippen LogP contribution in [-0.4, -0.2) is 12.6 Å². The summed E-state index contributed by atoms with van der Waals surface area (Å²) in [5.41, 5.74) is 9.90. The van der Waals surface area contributed by atoms with Crippen molar-refractivity contribution in [3.8, 4) is 0 Å². The highest BCUT2D eigenvalue weighted by atomic mass is 32.1. The number of hydrogen-bond acceptors (Lipinski definition) is 6. The fourth-order valence-corrected chi connectivity index (χ4v) is 4.07. The number of anilines is 1. The monoisotopic (exact) mass is 343 g/mol. The second-order valence-corrected chi connectivity index (χ2v) is 6.96. The largest absolute Gasteiger partial charge is 0.462 e. The predicted molar refractivity (Wildman–Crippen MR) is 96.7 cm³/mol. The molecule has 0 fully saturated rings. The lowest BCUT2D eigenvalue weighted by Crippen LogP contribution is -2.09. The molecule has 0 amide bonds. The molecule has 1 heterocycles. The number of ether oxygens (including phenoxy) is 1. The van der Waals surface area contributed by atoms with Crippen LogP contribution in [0.15, 0.2) is 28.4 Å². The molecule has 1 aliphatic carbocycles. The molecular formula is C18H21N3O2S. The summed E-state index contributed by atoms with van der Waals surface area (Å²) in [7, 11) is 0. The van der Waals surface area contributed by atoms with Crippen LogP contribution in [0.1, 0.15) is 46.1 Å². The third kappa shape index (κ3) is 3.33. The van der Waals surface area contributed by atoms with E-state index in [0.717, 1.165) is 36.8 Å². The van der Waals surface area contributed by atoms with E-state index < -0.39 is 0 Å². The van der Waals surface area contributed by atoms with Gasteiger partial charge in [-0.05, 0) is 62.8 Å². The number of esters is 1. The van der Waals surface area contributed by atoms with Crippen molar-refractivity contribution in [3.05, 3.63) is 39.8 Å². The third-order valence-electron chi connectivity index (χ3n) is 4.07. The number of rotatable bonds is 4. The normalized spacial score (nSPS) is 13.9. The van der Waals surface area contributed by atoms with Crippen molar-refractivity contribution in [3.63, 3.8) is 0 Å². The zero-order valence-corrected chi connectivity index (χ0v) is 14.8. The summed E-state index contributed by atoms with van der Waals surface area (Å²) in [5.74, 6) is -0.303. The van der Waals surface area contributed by atoms with Gasteiger partial charge in [0.05, 0.1) is 12.3 Å². The SMILES string of the molecule is CCOC(=O)c1c(N=Nc2cc(C)ccc2N)sc2c1CCCC2. The zero-order valence-electron chi connectivity index (χ0n) is 14.0. The summed E-state index contributed by atoms with van der Waals surface area (Å²) < 4.78 is 5.23. The van der Waals surface area contributed by atoms with Crippen molar-refractivity contribution in [2.45, 2.75) is 39.5 Å². The smallest absolute Gasteiger partial charge is 0.341 e. The number of carbonyl (C=O) groups is 1. The molecule has 1 aromatic heterocycles. The van der Waals surface area contributed by atoms with Crippen molar-refractivity contribution in [1.82, 2.24) is 0 Å². The number of hydrogen-bond donors (Lipinski definition) is 1. The molecule has 6 heteroatoms. The fourth-order valence-electron chi connectivity index (χ4n) is 2.88. The van der Waals surface area contributed by atoms with Gasteiger partial charge in [-0.1, -0.05) is 6.07 Å². The van der Waals surface area contributed by atoms with Crippen LogP contribution in [0.2, 0.25) is 0 Å². The highest BCUT2D eigenvalue weighted by molar-refractivity contribution is 7.16. The van der Waals surface area contributed by atoms with Gasteiger partial charge in [-0.15, -0.1) is 21.6 Å². The van der Waals surface area contributed by atoms with Gasteiger partial charge in [-0.3, -0.25) is 0 Å². The van der Waals surface area contributed by atoms with Gasteiger partial charge < -0.3 is 10.5 Å². The predicted octanol–water partition coefficient (Wildman–Crippen LogP) is 5.11.